The summed E-state index contributed by atoms with van der Waals surface area (Å²) in [6, 6.07) is 14.4. The van der Waals surface area contributed by atoms with E-state index in [1.54, 1.807) is 31.2 Å². The number of piperidine rings is 1. The van der Waals surface area contributed by atoms with Crippen LogP contribution in [0.4, 0.5) is 5.69 Å². The molecule has 0 bridgehead atoms. The molecular weight excluding hydrogens is 414 g/mol. The first-order valence-electron chi connectivity index (χ1n) is 10.6. The summed E-state index contributed by atoms with van der Waals surface area (Å²) in [6.45, 7) is 4.62. The molecule has 1 saturated heterocycles. The van der Waals surface area contributed by atoms with E-state index >= 15 is 0 Å². The highest BCUT2D eigenvalue weighted by Gasteiger charge is 2.18. The Morgan fingerprint density at radius 1 is 1.10 bits per heavy atom. The maximum atomic E-state index is 12.5. The smallest absolute Gasteiger partial charge is 0.251 e. The SMILES string of the molecule is CCN(c1ccc(C(=O)NCc2ccc(OC3CCN(C)CC3)cc2)cc1)S(C)(=O)=O. The van der Waals surface area contributed by atoms with Crippen molar-refractivity contribution in [2.24, 2.45) is 0 Å². The van der Waals surface area contributed by atoms with E-state index in [1.165, 1.54) is 10.6 Å². The van der Waals surface area contributed by atoms with E-state index in [0.717, 1.165) is 37.2 Å². The van der Waals surface area contributed by atoms with E-state index in [4.69, 9.17) is 4.74 Å². The Kier molecular flexibility index (Phi) is 7.56. The van der Waals surface area contributed by atoms with Crippen molar-refractivity contribution in [2.75, 3.05) is 37.2 Å². The topological polar surface area (TPSA) is 79.0 Å². The molecule has 0 aromatic heterocycles. The lowest BCUT2D eigenvalue weighted by molar-refractivity contribution is 0.0951. The van der Waals surface area contributed by atoms with E-state index in [-0.39, 0.29) is 12.0 Å². The number of carbonyl (C=O) groups is 1. The molecule has 1 fully saturated rings. The molecule has 3 rings (SSSR count). The summed E-state index contributed by atoms with van der Waals surface area (Å²) in [4.78, 5) is 14.8. The number of hydrogen-bond acceptors (Lipinski definition) is 5. The zero-order valence-electron chi connectivity index (χ0n) is 18.4. The van der Waals surface area contributed by atoms with Crippen molar-refractivity contribution in [1.82, 2.24) is 10.2 Å². The second-order valence-corrected chi connectivity index (χ2v) is 9.83. The molecule has 0 radical (unpaired) electrons. The van der Waals surface area contributed by atoms with E-state index in [0.29, 0.717) is 24.3 Å². The minimum Gasteiger partial charge on any atom is -0.490 e. The maximum absolute atomic E-state index is 12.5. The number of anilines is 1. The van der Waals surface area contributed by atoms with Gasteiger partial charge < -0.3 is 15.0 Å². The summed E-state index contributed by atoms with van der Waals surface area (Å²) in [5.41, 5.74) is 2.01. The van der Waals surface area contributed by atoms with Gasteiger partial charge in [0.25, 0.3) is 5.91 Å². The summed E-state index contributed by atoms with van der Waals surface area (Å²) < 4.78 is 31.0. The Hall–Kier alpha value is -2.58. The number of ether oxygens (including phenoxy) is 1. The highest BCUT2D eigenvalue weighted by Crippen LogP contribution is 2.20. The second kappa shape index (κ2) is 10.2. The van der Waals surface area contributed by atoms with Crippen LogP contribution in [0.1, 0.15) is 35.7 Å². The molecule has 0 aliphatic carbocycles. The van der Waals surface area contributed by atoms with Crippen LogP contribution in [0.2, 0.25) is 0 Å². The summed E-state index contributed by atoms with van der Waals surface area (Å²) >= 11 is 0. The molecule has 2 aromatic carbocycles. The predicted molar refractivity (Wildman–Crippen MR) is 123 cm³/mol. The van der Waals surface area contributed by atoms with E-state index in [1.807, 2.05) is 24.3 Å². The summed E-state index contributed by atoms with van der Waals surface area (Å²) in [6.07, 6.45) is 3.50. The molecule has 1 aliphatic heterocycles. The molecule has 1 aliphatic rings. The Labute approximate surface area is 185 Å². The maximum Gasteiger partial charge on any atom is 0.251 e. The Morgan fingerprint density at radius 2 is 1.71 bits per heavy atom. The van der Waals surface area contributed by atoms with Gasteiger partial charge in [-0.1, -0.05) is 12.1 Å². The van der Waals surface area contributed by atoms with Gasteiger partial charge in [0.1, 0.15) is 11.9 Å². The van der Waals surface area contributed by atoms with Crippen molar-refractivity contribution in [3.63, 3.8) is 0 Å². The fourth-order valence-corrected chi connectivity index (χ4v) is 4.63. The van der Waals surface area contributed by atoms with Gasteiger partial charge in [-0.3, -0.25) is 9.10 Å². The fourth-order valence-electron chi connectivity index (χ4n) is 3.65. The van der Waals surface area contributed by atoms with Crippen LogP contribution in [-0.2, 0) is 16.6 Å². The van der Waals surface area contributed by atoms with E-state index in [9.17, 15) is 13.2 Å². The fraction of sp³-hybridized carbons (Fsp3) is 0.435. The molecule has 1 heterocycles. The number of benzene rings is 2. The van der Waals surface area contributed by atoms with Crippen molar-refractivity contribution >= 4 is 21.6 Å². The zero-order chi connectivity index (χ0) is 22.4. The third-order valence-electron chi connectivity index (χ3n) is 5.45. The van der Waals surface area contributed by atoms with Crippen molar-refractivity contribution < 1.29 is 17.9 Å². The average Bonchev–Trinajstić information content (AvgIpc) is 2.74. The Bertz CT molecular complexity index is 967. The lowest BCUT2D eigenvalue weighted by atomic mass is 10.1. The molecule has 168 valence electrons. The van der Waals surface area contributed by atoms with Crippen LogP contribution < -0.4 is 14.4 Å². The average molecular weight is 446 g/mol. The molecule has 8 heteroatoms. The van der Waals surface area contributed by atoms with E-state index in [2.05, 4.69) is 17.3 Å². The van der Waals surface area contributed by atoms with Gasteiger partial charge in [0, 0.05) is 31.7 Å². The van der Waals surface area contributed by atoms with Gasteiger partial charge in [-0.05, 0) is 68.8 Å². The lowest BCUT2D eigenvalue weighted by Crippen LogP contribution is -2.35. The first-order chi connectivity index (χ1) is 14.8. The summed E-state index contributed by atoms with van der Waals surface area (Å²) in [5.74, 6) is 0.646. The first-order valence-corrected chi connectivity index (χ1v) is 12.4. The molecule has 0 unspecified atom stereocenters. The standard InChI is InChI=1S/C23H31N3O4S/c1-4-26(31(3,28)29)20-9-7-19(8-10-20)23(27)24-17-18-5-11-21(12-6-18)30-22-13-15-25(2)16-14-22/h5-12,22H,4,13-17H2,1-3H3,(H,24,27). The first kappa shape index (κ1) is 23.1. The molecule has 0 saturated carbocycles. The third-order valence-corrected chi connectivity index (χ3v) is 6.72. The molecule has 2 aromatic rings. The quantitative estimate of drug-likeness (QED) is 0.676. The monoisotopic (exact) mass is 445 g/mol. The number of amides is 1. The van der Waals surface area contributed by atoms with Gasteiger partial charge in [0.2, 0.25) is 10.0 Å². The van der Waals surface area contributed by atoms with Gasteiger partial charge in [-0.25, -0.2) is 8.42 Å². The number of nitrogens with zero attached hydrogens (tertiary/aromatic N) is 2. The van der Waals surface area contributed by atoms with Crippen molar-refractivity contribution in [3.05, 3.63) is 59.7 Å². The van der Waals surface area contributed by atoms with Crippen molar-refractivity contribution in [2.45, 2.75) is 32.4 Å². The highest BCUT2D eigenvalue weighted by molar-refractivity contribution is 7.92. The van der Waals surface area contributed by atoms with Gasteiger partial charge >= 0.3 is 0 Å². The Balaban J connectivity index is 1.52. The number of hydrogen-bond donors (Lipinski definition) is 1. The van der Waals surface area contributed by atoms with Crippen molar-refractivity contribution in [1.29, 1.82) is 0 Å². The largest absolute Gasteiger partial charge is 0.490 e. The number of likely N-dealkylation sites (tertiary alicyclic amines) is 1. The van der Waals surface area contributed by atoms with Crippen molar-refractivity contribution in [3.8, 4) is 5.75 Å². The second-order valence-electron chi connectivity index (χ2n) is 7.92. The van der Waals surface area contributed by atoms with Gasteiger partial charge in [-0.2, -0.15) is 0 Å². The van der Waals surface area contributed by atoms with Crippen LogP contribution in [0, 0.1) is 0 Å². The molecule has 1 amide bonds. The van der Waals surface area contributed by atoms with E-state index < -0.39 is 10.0 Å². The number of carbonyl (C=O) groups excluding carboxylic acids is 1. The molecule has 1 N–H and O–H groups in total. The minimum atomic E-state index is -3.34. The van der Waals surface area contributed by atoms with Crippen LogP contribution in [0.15, 0.2) is 48.5 Å². The summed E-state index contributed by atoms with van der Waals surface area (Å²) in [7, 11) is -1.21. The molecule has 7 nitrogen and oxygen atoms in total. The van der Waals surface area contributed by atoms with Crippen LogP contribution >= 0.6 is 0 Å². The molecular formula is C23H31N3O4S. The van der Waals surface area contributed by atoms with Gasteiger partial charge in [0.05, 0.1) is 11.9 Å². The summed E-state index contributed by atoms with van der Waals surface area (Å²) in [5, 5.41) is 2.90. The number of nitrogens with one attached hydrogen (secondary N) is 1. The van der Waals surface area contributed by atoms with Crippen LogP contribution in [0.3, 0.4) is 0 Å². The molecule has 0 spiro atoms. The van der Waals surface area contributed by atoms with Gasteiger partial charge in [-0.15, -0.1) is 0 Å². The van der Waals surface area contributed by atoms with Gasteiger partial charge in [0.15, 0.2) is 0 Å². The molecule has 31 heavy (non-hydrogen) atoms. The minimum absolute atomic E-state index is 0.208. The lowest BCUT2D eigenvalue weighted by Gasteiger charge is -2.29. The van der Waals surface area contributed by atoms with Crippen LogP contribution in [0.5, 0.6) is 5.75 Å². The predicted octanol–water partition coefficient (Wildman–Crippen LogP) is 2.88. The molecule has 0 atom stereocenters. The third kappa shape index (κ3) is 6.45. The van der Waals surface area contributed by atoms with Crippen LogP contribution in [-0.4, -0.2) is 58.3 Å². The highest BCUT2D eigenvalue weighted by atomic mass is 32.2. The zero-order valence-corrected chi connectivity index (χ0v) is 19.2. The van der Waals surface area contributed by atoms with Crippen LogP contribution in [0.25, 0.3) is 0 Å². The number of rotatable bonds is 8. The Morgan fingerprint density at radius 3 is 2.26 bits per heavy atom. The number of sulfonamides is 1. The normalized spacial score (nSPS) is 15.5.